The van der Waals surface area contributed by atoms with Crippen molar-refractivity contribution in [3.05, 3.63) is 64.7 Å². The maximum absolute atomic E-state index is 12.2. The maximum atomic E-state index is 12.2. The lowest BCUT2D eigenvalue weighted by Crippen LogP contribution is -2.32. The second kappa shape index (κ2) is 8.01. The molecule has 0 atom stereocenters. The molecule has 1 heterocycles. The minimum atomic E-state index is -0.503. The van der Waals surface area contributed by atoms with Crippen LogP contribution in [0.2, 0.25) is 5.02 Å². The SMILES string of the molecule is O=C(CCN1C(=O)c2ccccc2C1=O)OCCOc1cccc(Cl)c1. The van der Waals surface area contributed by atoms with Gasteiger partial charge >= 0.3 is 5.97 Å². The van der Waals surface area contributed by atoms with E-state index in [9.17, 15) is 14.4 Å². The average molecular weight is 374 g/mol. The highest BCUT2D eigenvalue weighted by molar-refractivity contribution is 6.30. The molecule has 0 N–H and O–H groups in total. The van der Waals surface area contributed by atoms with Crippen LogP contribution in [-0.2, 0) is 9.53 Å². The molecule has 7 heteroatoms. The fourth-order valence-corrected chi connectivity index (χ4v) is 2.77. The van der Waals surface area contributed by atoms with E-state index < -0.39 is 5.97 Å². The Morgan fingerprint density at radius 1 is 0.962 bits per heavy atom. The third-order valence-electron chi connectivity index (χ3n) is 3.83. The first-order chi connectivity index (χ1) is 12.6. The summed E-state index contributed by atoms with van der Waals surface area (Å²) in [4.78, 5) is 37.2. The fourth-order valence-electron chi connectivity index (χ4n) is 2.59. The molecule has 0 saturated heterocycles. The number of imide groups is 1. The van der Waals surface area contributed by atoms with Gasteiger partial charge in [-0.1, -0.05) is 29.8 Å². The molecule has 2 aromatic carbocycles. The molecule has 0 bridgehead atoms. The summed E-state index contributed by atoms with van der Waals surface area (Å²) in [6.45, 7) is 0.229. The van der Waals surface area contributed by atoms with Crippen molar-refractivity contribution in [1.29, 1.82) is 0 Å². The number of esters is 1. The van der Waals surface area contributed by atoms with Crippen molar-refractivity contribution < 1.29 is 23.9 Å². The van der Waals surface area contributed by atoms with E-state index >= 15 is 0 Å². The summed E-state index contributed by atoms with van der Waals surface area (Å²) in [7, 11) is 0. The zero-order valence-corrected chi connectivity index (χ0v) is 14.6. The summed E-state index contributed by atoms with van der Waals surface area (Å²) in [6.07, 6.45) is -0.0668. The number of fused-ring (bicyclic) bond motifs is 1. The van der Waals surface area contributed by atoms with E-state index in [1.807, 2.05) is 0 Å². The van der Waals surface area contributed by atoms with Crippen molar-refractivity contribution in [2.45, 2.75) is 6.42 Å². The number of hydrogen-bond donors (Lipinski definition) is 0. The van der Waals surface area contributed by atoms with Crippen molar-refractivity contribution in [2.75, 3.05) is 19.8 Å². The maximum Gasteiger partial charge on any atom is 0.307 e. The number of halogens is 1. The van der Waals surface area contributed by atoms with Crippen LogP contribution in [0.3, 0.4) is 0 Å². The largest absolute Gasteiger partial charge is 0.490 e. The molecular weight excluding hydrogens is 358 g/mol. The molecule has 1 aliphatic rings. The Balaban J connectivity index is 1.41. The van der Waals surface area contributed by atoms with Gasteiger partial charge < -0.3 is 9.47 Å². The molecule has 2 aromatic rings. The van der Waals surface area contributed by atoms with Gasteiger partial charge in [-0.3, -0.25) is 19.3 Å². The van der Waals surface area contributed by atoms with Crippen LogP contribution in [0, 0.1) is 0 Å². The summed E-state index contributed by atoms with van der Waals surface area (Å²) < 4.78 is 10.5. The molecule has 0 aliphatic carbocycles. The lowest BCUT2D eigenvalue weighted by Gasteiger charge is -2.13. The summed E-state index contributed by atoms with van der Waals surface area (Å²) in [6, 6.07) is 13.5. The second-order valence-electron chi connectivity index (χ2n) is 5.58. The lowest BCUT2D eigenvalue weighted by atomic mass is 10.1. The van der Waals surface area contributed by atoms with Crippen molar-refractivity contribution in [1.82, 2.24) is 4.90 Å². The quantitative estimate of drug-likeness (QED) is 0.424. The van der Waals surface area contributed by atoms with Gasteiger partial charge in [-0.05, 0) is 30.3 Å². The second-order valence-corrected chi connectivity index (χ2v) is 6.02. The summed E-state index contributed by atoms with van der Waals surface area (Å²) >= 11 is 5.84. The van der Waals surface area contributed by atoms with E-state index in [4.69, 9.17) is 21.1 Å². The molecule has 0 fully saturated rings. The molecule has 0 saturated carbocycles. The van der Waals surface area contributed by atoms with Gasteiger partial charge in [0.25, 0.3) is 11.8 Å². The topological polar surface area (TPSA) is 72.9 Å². The molecule has 2 amide bonds. The first-order valence-electron chi connectivity index (χ1n) is 8.05. The first kappa shape index (κ1) is 17.9. The van der Waals surface area contributed by atoms with Gasteiger partial charge in [0.2, 0.25) is 0 Å². The smallest absolute Gasteiger partial charge is 0.307 e. The Labute approximate surface area is 155 Å². The van der Waals surface area contributed by atoms with Gasteiger partial charge in [-0.15, -0.1) is 0 Å². The molecule has 1 aliphatic heterocycles. The zero-order valence-electron chi connectivity index (χ0n) is 13.8. The number of rotatable bonds is 7. The molecule has 0 radical (unpaired) electrons. The van der Waals surface area contributed by atoms with E-state index in [0.29, 0.717) is 21.9 Å². The summed E-state index contributed by atoms with van der Waals surface area (Å²) in [5.41, 5.74) is 0.724. The number of nitrogens with zero attached hydrogens (tertiary/aromatic N) is 1. The van der Waals surface area contributed by atoms with Crippen molar-refractivity contribution in [3.63, 3.8) is 0 Å². The van der Waals surface area contributed by atoms with Crippen LogP contribution in [0.1, 0.15) is 27.1 Å². The van der Waals surface area contributed by atoms with Crippen LogP contribution in [-0.4, -0.2) is 42.4 Å². The number of hydrogen-bond acceptors (Lipinski definition) is 5. The molecule has 0 aromatic heterocycles. The summed E-state index contributed by atoms with van der Waals surface area (Å²) in [5.74, 6) is -0.693. The van der Waals surface area contributed by atoms with Gasteiger partial charge in [-0.25, -0.2) is 0 Å². The minimum Gasteiger partial charge on any atom is -0.490 e. The standard InChI is InChI=1S/C19H16ClNO5/c20-13-4-3-5-14(12-13)25-10-11-26-17(22)8-9-21-18(23)15-6-1-2-7-16(15)19(21)24/h1-7,12H,8-11H2. The highest BCUT2D eigenvalue weighted by atomic mass is 35.5. The Kier molecular flexibility index (Phi) is 5.53. The van der Waals surface area contributed by atoms with E-state index in [2.05, 4.69) is 0 Å². The number of amides is 2. The predicted octanol–water partition coefficient (Wildman–Crippen LogP) is 2.95. The molecule has 3 rings (SSSR count). The number of carbonyl (C=O) groups excluding carboxylic acids is 3. The van der Waals surface area contributed by atoms with Crippen molar-refractivity contribution in [2.24, 2.45) is 0 Å². The fraction of sp³-hybridized carbons (Fsp3) is 0.211. The Morgan fingerprint density at radius 3 is 2.31 bits per heavy atom. The van der Waals surface area contributed by atoms with Gasteiger partial charge in [0.1, 0.15) is 19.0 Å². The van der Waals surface area contributed by atoms with Crippen molar-refractivity contribution in [3.8, 4) is 5.75 Å². The average Bonchev–Trinajstić information content (AvgIpc) is 2.88. The van der Waals surface area contributed by atoms with Gasteiger partial charge in [0.15, 0.2) is 0 Å². The van der Waals surface area contributed by atoms with Crippen LogP contribution in [0.4, 0.5) is 0 Å². The van der Waals surface area contributed by atoms with Crippen LogP contribution in [0.5, 0.6) is 5.75 Å². The molecule has 0 unspecified atom stereocenters. The highest BCUT2D eigenvalue weighted by Gasteiger charge is 2.35. The number of ether oxygens (including phenoxy) is 2. The third-order valence-corrected chi connectivity index (χ3v) is 4.06. The predicted molar refractivity (Wildman–Crippen MR) is 94.3 cm³/mol. The molecule has 26 heavy (non-hydrogen) atoms. The Hall–Kier alpha value is -2.86. The van der Waals surface area contributed by atoms with E-state index in [0.717, 1.165) is 4.90 Å². The van der Waals surface area contributed by atoms with Gasteiger partial charge in [0, 0.05) is 11.6 Å². The molecule has 6 nitrogen and oxygen atoms in total. The lowest BCUT2D eigenvalue weighted by molar-refractivity contribution is -0.144. The molecule has 0 spiro atoms. The van der Waals surface area contributed by atoms with Gasteiger partial charge in [-0.2, -0.15) is 0 Å². The first-order valence-corrected chi connectivity index (χ1v) is 8.43. The number of benzene rings is 2. The highest BCUT2D eigenvalue weighted by Crippen LogP contribution is 2.22. The van der Waals surface area contributed by atoms with E-state index in [-0.39, 0.29) is 38.0 Å². The van der Waals surface area contributed by atoms with Crippen molar-refractivity contribution >= 4 is 29.4 Å². The van der Waals surface area contributed by atoms with Crippen LogP contribution < -0.4 is 4.74 Å². The zero-order chi connectivity index (χ0) is 18.5. The van der Waals surface area contributed by atoms with E-state index in [1.165, 1.54) is 0 Å². The van der Waals surface area contributed by atoms with Crippen LogP contribution >= 0.6 is 11.6 Å². The molecule has 134 valence electrons. The van der Waals surface area contributed by atoms with Crippen LogP contribution in [0.15, 0.2) is 48.5 Å². The summed E-state index contributed by atoms with van der Waals surface area (Å²) in [5, 5.41) is 0.556. The number of carbonyl (C=O) groups is 3. The Morgan fingerprint density at radius 2 is 1.65 bits per heavy atom. The minimum absolute atomic E-state index is 0.0136. The monoisotopic (exact) mass is 373 g/mol. The van der Waals surface area contributed by atoms with Gasteiger partial charge in [0.05, 0.1) is 17.5 Å². The van der Waals surface area contributed by atoms with E-state index in [1.54, 1.807) is 48.5 Å². The third kappa shape index (κ3) is 4.03. The Bertz CT molecular complexity index is 816. The molecular formula is C19H16ClNO5. The van der Waals surface area contributed by atoms with Crippen LogP contribution in [0.25, 0.3) is 0 Å². The normalized spacial score (nSPS) is 12.9.